The van der Waals surface area contributed by atoms with Crippen molar-refractivity contribution in [2.75, 3.05) is 6.54 Å². The zero-order valence-corrected chi connectivity index (χ0v) is 10.3. The molecule has 1 heteroatoms. The Morgan fingerprint density at radius 2 is 1.57 bits per heavy atom. The predicted molar refractivity (Wildman–Crippen MR) is 63.4 cm³/mol. The molecule has 0 aromatic heterocycles. The SMILES string of the molecule is CC(C)NC[C@H]1CC[C@@H](C(C)C)CC1. The summed E-state index contributed by atoms with van der Waals surface area (Å²) in [7, 11) is 0. The Labute approximate surface area is 89.7 Å². The second-order valence-electron chi connectivity index (χ2n) is 5.59. The van der Waals surface area contributed by atoms with Crippen molar-refractivity contribution in [1.82, 2.24) is 5.32 Å². The van der Waals surface area contributed by atoms with Crippen LogP contribution in [0.25, 0.3) is 0 Å². The quantitative estimate of drug-likeness (QED) is 0.728. The molecule has 0 radical (unpaired) electrons. The van der Waals surface area contributed by atoms with Gasteiger partial charge in [-0.25, -0.2) is 0 Å². The molecule has 1 nitrogen and oxygen atoms in total. The molecule has 0 heterocycles. The summed E-state index contributed by atoms with van der Waals surface area (Å²) >= 11 is 0. The van der Waals surface area contributed by atoms with Gasteiger partial charge in [0.2, 0.25) is 0 Å². The minimum absolute atomic E-state index is 0.651. The van der Waals surface area contributed by atoms with Gasteiger partial charge in [0, 0.05) is 6.04 Å². The molecule has 0 atom stereocenters. The van der Waals surface area contributed by atoms with Gasteiger partial charge in [-0.15, -0.1) is 0 Å². The van der Waals surface area contributed by atoms with E-state index in [2.05, 4.69) is 33.0 Å². The lowest BCUT2D eigenvalue weighted by Gasteiger charge is -2.31. The van der Waals surface area contributed by atoms with E-state index in [9.17, 15) is 0 Å². The van der Waals surface area contributed by atoms with Gasteiger partial charge in [-0.1, -0.05) is 27.7 Å². The average Bonchev–Trinajstić information content (AvgIpc) is 2.15. The summed E-state index contributed by atoms with van der Waals surface area (Å²) < 4.78 is 0. The second kappa shape index (κ2) is 5.75. The Kier molecular flexibility index (Phi) is 4.94. The van der Waals surface area contributed by atoms with Crippen molar-refractivity contribution in [3.63, 3.8) is 0 Å². The molecule has 0 saturated heterocycles. The first-order chi connectivity index (χ1) is 6.59. The molecule has 14 heavy (non-hydrogen) atoms. The van der Waals surface area contributed by atoms with Crippen LogP contribution in [0.3, 0.4) is 0 Å². The third kappa shape index (κ3) is 4.00. The lowest BCUT2D eigenvalue weighted by Crippen LogP contribution is -2.31. The first kappa shape index (κ1) is 12.0. The van der Waals surface area contributed by atoms with Gasteiger partial charge in [0.1, 0.15) is 0 Å². The van der Waals surface area contributed by atoms with Gasteiger partial charge in [0.15, 0.2) is 0 Å². The molecule has 0 aromatic rings. The van der Waals surface area contributed by atoms with Crippen molar-refractivity contribution in [2.45, 2.75) is 59.4 Å². The number of rotatable bonds is 4. The molecule has 0 aliphatic heterocycles. The topological polar surface area (TPSA) is 12.0 Å². The molecule has 84 valence electrons. The first-order valence-corrected chi connectivity index (χ1v) is 6.33. The van der Waals surface area contributed by atoms with Gasteiger partial charge < -0.3 is 5.32 Å². The summed E-state index contributed by atoms with van der Waals surface area (Å²) in [6, 6.07) is 0.651. The zero-order chi connectivity index (χ0) is 10.6. The van der Waals surface area contributed by atoms with Gasteiger partial charge in [0.05, 0.1) is 0 Å². The van der Waals surface area contributed by atoms with Crippen LogP contribution in [0, 0.1) is 17.8 Å². The van der Waals surface area contributed by atoms with E-state index in [1.807, 2.05) is 0 Å². The summed E-state index contributed by atoms with van der Waals surface area (Å²) in [6.07, 6.45) is 5.81. The fourth-order valence-corrected chi connectivity index (χ4v) is 2.46. The Morgan fingerprint density at radius 1 is 1.00 bits per heavy atom. The molecule has 0 aromatic carbocycles. The predicted octanol–water partition coefficient (Wildman–Crippen LogP) is 3.45. The van der Waals surface area contributed by atoms with E-state index in [1.54, 1.807) is 0 Å². The highest BCUT2D eigenvalue weighted by molar-refractivity contribution is 4.76. The highest BCUT2D eigenvalue weighted by atomic mass is 14.9. The maximum atomic E-state index is 3.56. The summed E-state index contributed by atoms with van der Waals surface area (Å²) in [4.78, 5) is 0. The number of hydrogen-bond donors (Lipinski definition) is 1. The normalized spacial score (nSPS) is 28.7. The Morgan fingerprint density at radius 3 is 2.00 bits per heavy atom. The van der Waals surface area contributed by atoms with E-state index in [4.69, 9.17) is 0 Å². The van der Waals surface area contributed by atoms with Crippen LogP contribution in [-0.4, -0.2) is 12.6 Å². The fraction of sp³-hybridized carbons (Fsp3) is 1.00. The maximum absolute atomic E-state index is 3.56. The van der Waals surface area contributed by atoms with E-state index in [0.29, 0.717) is 6.04 Å². The van der Waals surface area contributed by atoms with Gasteiger partial charge in [-0.05, 0) is 50.0 Å². The standard InChI is InChI=1S/C13H27N/c1-10(2)13-7-5-12(6-8-13)9-14-11(3)4/h10-14H,5-9H2,1-4H3/t12-,13+. The molecule has 1 fully saturated rings. The van der Waals surface area contributed by atoms with E-state index in [0.717, 1.165) is 17.8 Å². The molecular weight excluding hydrogens is 170 g/mol. The van der Waals surface area contributed by atoms with Gasteiger partial charge >= 0.3 is 0 Å². The summed E-state index contributed by atoms with van der Waals surface area (Å²) in [5, 5.41) is 3.56. The largest absolute Gasteiger partial charge is 0.314 e. The van der Waals surface area contributed by atoms with Crippen LogP contribution in [0.1, 0.15) is 53.4 Å². The monoisotopic (exact) mass is 197 g/mol. The van der Waals surface area contributed by atoms with Crippen molar-refractivity contribution in [3.8, 4) is 0 Å². The molecule has 0 spiro atoms. The van der Waals surface area contributed by atoms with Gasteiger partial charge in [0.25, 0.3) is 0 Å². The van der Waals surface area contributed by atoms with Crippen LogP contribution in [0.4, 0.5) is 0 Å². The van der Waals surface area contributed by atoms with Gasteiger partial charge in [-0.2, -0.15) is 0 Å². The van der Waals surface area contributed by atoms with Crippen molar-refractivity contribution < 1.29 is 0 Å². The first-order valence-electron chi connectivity index (χ1n) is 6.33. The van der Waals surface area contributed by atoms with Crippen LogP contribution in [0.5, 0.6) is 0 Å². The van der Waals surface area contributed by atoms with Crippen LogP contribution < -0.4 is 5.32 Å². The van der Waals surface area contributed by atoms with Crippen molar-refractivity contribution in [1.29, 1.82) is 0 Å². The van der Waals surface area contributed by atoms with E-state index in [1.165, 1.54) is 32.2 Å². The van der Waals surface area contributed by atoms with Gasteiger partial charge in [-0.3, -0.25) is 0 Å². The Bertz CT molecular complexity index is 143. The molecule has 1 rings (SSSR count). The van der Waals surface area contributed by atoms with Crippen molar-refractivity contribution in [3.05, 3.63) is 0 Å². The number of nitrogens with one attached hydrogen (secondary N) is 1. The van der Waals surface area contributed by atoms with Crippen LogP contribution >= 0.6 is 0 Å². The summed E-state index contributed by atoms with van der Waals surface area (Å²) in [5.74, 6) is 2.85. The Hall–Kier alpha value is -0.0400. The second-order valence-corrected chi connectivity index (χ2v) is 5.59. The highest BCUT2D eigenvalue weighted by Crippen LogP contribution is 2.32. The fourth-order valence-electron chi connectivity index (χ4n) is 2.46. The minimum atomic E-state index is 0.651. The van der Waals surface area contributed by atoms with E-state index < -0.39 is 0 Å². The molecule has 0 bridgehead atoms. The highest BCUT2D eigenvalue weighted by Gasteiger charge is 2.22. The molecule has 1 saturated carbocycles. The lowest BCUT2D eigenvalue weighted by molar-refractivity contribution is 0.218. The van der Waals surface area contributed by atoms with Crippen LogP contribution in [0.15, 0.2) is 0 Å². The molecule has 0 amide bonds. The summed E-state index contributed by atoms with van der Waals surface area (Å²) in [6.45, 7) is 10.5. The van der Waals surface area contributed by atoms with E-state index >= 15 is 0 Å². The van der Waals surface area contributed by atoms with Crippen LogP contribution in [-0.2, 0) is 0 Å². The third-order valence-corrected chi connectivity index (χ3v) is 3.65. The molecule has 1 N–H and O–H groups in total. The van der Waals surface area contributed by atoms with E-state index in [-0.39, 0.29) is 0 Å². The third-order valence-electron chi connectivity index (χ3n) is 3.65. The molecule has 1 aliphatic rings. The minimum Gasteiger partial charge on any atom is -0.314 e. The maximum Gasteiger partial charge on any atom is 0.00104 e. The van der Waals surface area contributed by atoms with Crippen LogP contribution in [0.2, 0.25) is 0 Å². The molecule has 1 aliphatic carbocycles. The van der Waals surface area contributed by atoms with Crippen molar-refractivity contribution >= 4 is 0 Å². The lowest BCUT2D eigenvalue weighted by atomic mass is 9.77. The smallest absolute Gasteiger partial charge is 0.00104 e. The summed E-state index contributed by atoms with van der Waals surface area (Å²) in [5.41, 5.74) is 0. The molecular formula is C13H27N. The Balaban J connectivity index is 2.16. The zero-order valence-electron chi connectivity index (χ0n) is 10.3. The molecule has 0 unspecified atom stereocenters. The average molecular weight is 197 g/mol. The van der Waals surface area contributed by atoms with Crippen molar-refractivity contribution in [2.24, 2.45) is 17.8 Å². The number of hydrogen-bond acceptors (Lipinski definition) is 1.